The molecule has 1 atom stereocenters. The predicted octanol–water partition coefficient (Wildman–Crippen LogP) is 2.37. The van der Waals surface area contributed by atoms with Crippen LogP contribution in [0.15, 0.2) is 23.6 Å². The first-order valence-electron chi connectivity index (χ1n) is 7.40. The standard InChI is InChI=1S/C16H13F3N4O4/c1-25-8-3-6(4-9(26-2)12(8)24)10-7(5-20)14(21)27-15-11(10)13(22-23-15)16(17,18)19/h3-4,10,24H,21H2,1-2H3,(H,22,23). The lowest BCUT2D eigenvalue weighted by Crippen LogP contribution is -2.23. The van der Waals surface area contributed by atoms with Gasteiger partial charge < -0.3 is 25.1 Å². The number of allylic oxidation sites excluding steroid dienone is 1. The molecule has 0 fully saturated rings. The lowest BCUT2D eigenvalue weighted by atomic mass is 9.83. The van der Waals surface area contributed by atoms with Gasteiger partial charge in [-0.1, -0.05) is 0 Å². The van der Waals surface area contributed by atoms with Crippen LogP contribution in [0.5, 0.6) is 23.1 Å². The summed E-state index contributed by atoms with van der Waals surface area (Å²) in [5.41, 5.74) is 4.06. The summed E-state index contributed by atoms with van der Waals surface area (Å²) in [6, 6.07) is 4.35. The van der Waals surface area contributed by atoms with Crippen molar-refractivity contribution in [1.82, 2.24) is 10.2 Å². The van der Waals surface area contributed by atoms with Gasteiger partial charge in [0.15, 0.2) is 11.5 Å². The van der Waals surface area contributed by atoms with E-state index in [0.29, 0.717) is 0 Å². The summed E-state index contributed by atoms with van der Waals surface area (Å²) in [5, 5.41) is 24.9. The molecule has 1 aliphatic rings. The van der Waals surface area contributed by atoms with Crippen LogP contribution < -0.4 is 19.9 Å². The number of H-pyrrole nitrogens is 1. The number of benzene rings is 1. The number of methoxy groups -OCH3 is 2. The second-order valence-corrected chi connectivity index (χ2v) is 5.51. The van der Waals surface area contributed by atoms with Gasteiger partial charge in [0, 0.05) is 0 Å². The van der Waals surface area contributed by atoms with Crippen LogP contribution in [-0.2, 0) is 6.18 Å². The number of nitrogens with zero attached hydrogens (tertiary/aromatic N) is 2. The first-order valence-corrected chi connectivity index (χ1v) is 7.40. The average Bonchev–Trinajstić information content (AvgIpc) is 3.04. The van der Waals surface area contributed by atoms with Crippen LogP contribution >= 0.6 is 0 Å². The van der Waals surface area contributed by atoms with E-state index in [4.69, 9.17) is 19.9 Å². The Kier molecular flexibility index (Phi) is 4.27. The number of fused-ring (bicyclic) bond motifs is 1. The molecule has 142 valence electrons. The normalized spacial score (nSPS) is 16.4. The minimum Gasteiger partial charge on any atom is -0.502 e. The SMILES string of the molecule is COc1cc(C2C(C#N)=C(N)Oc3n[nH]c(C(F)(F)F)c32)cc(OC)c1O. The van der Waals surface area contributed by atoms with Gasteiger partial charge >= 0.3 is 6.18 Å². The zero-order valence-electron chi connectivity index (χ0n) is 14.0. The number of hydrogen-bond donors (Lipinski definition) is 3. The molecule has 0 spiro atoms. The molecule has 0 saturated carbocycles. The van der Waals surface area contributed by atoms with Crippen molar-refractivity contribution in [2.75, 3.05) is 14.2 Å². The Labute approximate surface area is 150 Å². The molecule has 1 aliphatic heterocycles. The minimum absolute atomic E-state index is 0.0506. The second kappa shape index (κ2) is 6.31. The molecule has 8 nitrogen and oxygen atoms in total. The van der Waals surface area contributed by atoms with Crippen LogP contribution in [0.25, 0.3) is 0 Å². The smallest absolute Gasteiger partial charge is 0.433 e. The number of hydrogen-bond acceptors (Lipinski definition) is 7. The number of phenols is 1. The highest BCUT2D eigenvalue weighted by atomic mass is 19.4. The number of ether oxygens (including phenoxy) is 3. The molecule has 0 aliphatic carbocycles. The van der Waals surface area contributed by atoms with E-state index >= 15 is 0 Å². The van der Waals surface area contributed by atoms with Crippen LogP contribution in [0.3, 0.4) is 0 Å². The van der Waals surface area contributed by atoms with E-state index in [1.807, 2.05) is 5.10 Å². The summed E-state index contributed by atoms with van der Waals surface area (Å²) in [6.07, 6.45) is -4.78. The molecule has 2 aromatic rings. The van der Waals surface area contributed by atoms with E-state index in [2.05, 4.69) is 5.10 Å². The monoisotopic (exact) mass is 382 g/mol. The Morgan fingerprint density at radius 2 is 1.89 bits per heavy atom. The Morgan fingerprint density at radius 3 is 2.37 bits per heavy atom. The van der Waals surface area contributed by atoms with E-state index in [9.17, 15) is 23.5 Å². The highest BCUT2D eigenvalue weighted by Crippen LogP contribution is 2.49. The molecule has 2 heterocycles. The third-order valence-corrected chi connectivity index (χ3v) is 4.06. The maximum atomic E-state index is 13.4. The van der Waals surface area contributed by atoms with Crippen molar-refractivity contribution in [3.63, 3.8) is 0 Å². The highest BCUT2D eigenvalue weighted by Gasteiger charge is 2.44. The zero-order valence-corrected chi connectivity index (χ0v) is 14.0. The van der Waals surface area contributed by atoms with Gasteiger partial charge in [-0.3, -0.25) is 5.10 Å². The molecule has 0 saturated heterocycles. The number of nitrogens with one attached hydrogen (secondary N) is 1. The number of alkyl halides is 3. The predicted molar refractivity (Wildman–Crippen MR) is 84.1 cm³/mol. The van der Waals surface area contributed by atoms with E-state index in [0.717, 1.165) is 0 Å². The summed E-state index contributed by atoms with van der Waals surface area (Å²) >= 11 is 0. The molecular weight excluding hydrogens is 369 g/mol. The molecule has 0 radical (unpaired) electrons. The molecule has 27 heavy (non-hydrogen) atoms. The van der Waals surface area contributed by atoms with Gasteiger partial charge in [0.1, 0.15) is 17.3 Å². The Hall–Kier alpha value is -3.55. The van der Waals surface area contributed by atoms with Gasteiger partial charge in [-0.15, -0.1) is 5.10 Å². The van der Waals surface area contributed by atoms with E-state index in [1.54, 1.807) is 6.07 Å². The number of nitrogens with two attached hydrogens (primary N) is 1. The fraction of sp³-hybridized carbons (Fsp3) is 0.250. The van der Waals surface area contributed by atoms with E-state index < -0.39 is 29.2 Å². The maximum absolute atomic E-state index is 13.4. The Balaban J connectivity index is 2.32. The van der Waals surface area contributed by atoms with Crippen LogP contribution in [-0.4, -0.2) is 29.5 Å². The Morgan fingerprint density at radius 1 is 1.30 bits per heavy atom. The van der Waals surface area contributed by atoms with Gasteiger partial charge in [0.2, 0.25) is 17.5 Å². The van der Waals surface area contributed by atoms with Gasteiger partial charge in [0.05, 0.1) is 25.7 Å². The van der Waals surface area contributed by atoms with Crippen molar-refractivity contribution in [3.8, 4) is 29.2 Å². The lowest BCUT2D eigenvalue weighted by Gasteiger charge is -2.25. The van der Waals surface area contributed by atoms with Crippen molar-refractivity contribution in [2.45, 2.75) is 12.1 Å². The van der Waals surface area contributed by atoms with Gasteiger partial charge in [-0.2, -0.15) is 18.4 Å². The first kappa shape index (κ1) is 18.2. The number of rotatable bonds is 3. The van der Waals surface area contributed by atoms with Crippen LogP contribution in [0.4, 0.5) is 13.2 Å². The second-order valence-electron chi connectivity index (χ2n) is 5.51. The maximum Gasteiger partial charge on any atom is 0.433 e. The third-order valence-electron chi connectivity index (χ3n) is 4.06. The quantitative estimate of drug-likeness (QED) is 0.744. The number of aromatic amines is 1. The largest absolute Gasteiger partial charge is 0.502 e. The van der Waals surface area contributed by atoms with Crippen LogP contribution in [0.1, 0.15) is 22.7 Å². The molecule has 1 unspecified atom stereocenters. The van der Waals surface area contributed by atoms with E-state index in [-0.39, 0.29) is 34.3 Å². The Bertz CT molecular complexity index is 950. The van der Waals surface area contributed by atoms with Crippen LogP contribution in [0, 0.1) is 11.3 Å². The van der Waals surface area contributed by atoms with Gasteiger partial charge in [0.25, 0.3) is 0 Å². The summed E-state index contributed by atoms with van der Waals surface area (Å²) in [5.74, 6) is -2.47. The van der Waals surface area contributed by atoms with Crippen molar-refractivity contribution in [2.24, 2.45) is 5.73 Å². The number of phenolic OH excluding ortho intramolecular Hbond substituents is 1. The highest BCUT2D eigenvalue weighted by molar-refractivity contribution is 5.61. The van der Waals surface area contributed by atoms with Crippen LogP contribution in [0.2, 0.25) is 0 Å². The summed E-state index contributed by atoms with van der Waals surface area (Å²) in [6.45, 7) is 0. The van der Waals surface area contributed by atoms with Crippen molar-refractivity contribution < 1.29 is 32.5 Å². The van der Waals surface area contributed by atoms with Gasteiger partial charge in [-0.25, -0.2) is 0 Å². The fourth-order valence-electron chi connectivity index (χ4n) is 2.87. The van der Waals surface area contributed by atoms with Crippen molar-refractivity contribution in [3.05, 3.63) is 40.4 Å². The zero-order chi connectivity index (χ0) is 19.9. The third kappa shape index (κ3) is 2.84. The topological polar surface area (TPSA) is 126 Å². The lowest BCUT2D eigenvalue weighted by molar-refractivity contribution is -0.141. The first-order chi connectivity index (χ1) is 12.7. The number of nitriles is 1. The minimum atomic E-state index is -4.78. The van der Waals surface area contributed by atoms with Gasteiger partial charge in [-0.05, 0) is 17.7 Å². The molecule has 11 heteroatoms. The van der Waals surface area contributed by atoms with E-state index in [1.165, 1.54) is 26.4 Å². The molecule has 0 amide bonds. The molecule has 3 rings (SSSR count). The molecule has 1 aromatic heterocycles. The number of aromatic hydroxyl groups is 1. The number of halogens is 3. The molecule has 4 N–H and O–H groups in total. The van der Waals surface area contributed by atoms with Crippen molar-refractivity contribution >= 4 is 0 Å². The fourth-order valence-corrected chi connectivity index (χ4v) is 2.87. The molecular formula is C16H13F3N4O4. The van der Waals surface area contributed by atoms with Crippen molar-refractivity contribution in [1.29, 1.82) is 5.26 Å². The summed E-state index contributed by atoms with van der Waals surface area (Å²) < 4.78 is 55.5. The number of aromatic nitrogens is 2. The molecule has 0 bridgehead atoms. The summed E-state index contributed by atoms with van der Waals surface area (Å²) in [4.78, 5) is 0. The average molecular weight is 382 g/mol. The summed E-state index contributed by atoms with van der Waals surface area (Å²) in [7, 11) is 2.53. The molecule has 1 aromatic carbocycles.